The van der Waals surface area contributed by atoms with Crippen molar-refractivity contribution in [2.75, 3.05) is 0 Å². The molecular weight excluding hydrogens is 352 g/mol. The van der Waals surface area contributed by atoms with E-state index in [2.05, 4.69) is 21.4 Å². The number of benzene rings is 2. The van der Waals surface area contributed by atoms with E-state index in [-0.39, 0.29) is 6.04 Å². The van der Waals surface area contributed by atoms with Crippen LogP contribution in [0.15, 0.2) is 57.4 Å². The van der Waals surface area contributed by atoms with Gasteiger partial charge in [-0.3, -0.25) is 5.84 Å². The Labute approximate surface area is 136 Å². The summed E-state index contributed by atoms with van der Waals surface area (Å²) in [7, 11) is 0. The molecule has 0 aliphatic rings. The molecule has 1 atom stereocenters. The fourth-order valence-corrected chi connectivity index (χ4v) is 3.02. The van der Waals surface area contributed by atoms with Crippen LogP contribution in [0.2, 0.25) is 5.02 Å². The van der Waals surface area contributed by atoms with Crippen molar-refractivity contribution in [2.45, 2.75) is 12.5 Å². The molecule has 5 heteroatoms. The van der Waals surface area contributed by atoms with Crippen LogP contribution in [-0.4, -0.2) is 0 Å². The number of hydrogen-bond donors (Lipinski definition) is 2. The van der Waals surface area contributed by atoms with Gasteiger partial charge in [-0.05, 0) is 46.1 Å². The maximum Gasteiger partial charge on any atom is 0.148 e. The lowest BCUT2D eigenvalue weighted by molar-refractivity contribution is 0.434. The van der Waals surface area contributed by atoms with Gasteiger partial charge < -0.3 is 4.42 Å². The average molecular weight is 366 g/mol. The van der Waals surface area contributed by atoms with E-state index in [0.717, 1.165) is 31.8 Å². The van der Waals surface area contributed by atoms with Crippen LogP contribution in [0.25, 0.3) is 11.0 Å². The van der Waals surface area contributed by atoms with Crippen LogP contribution in [0, 0.1) is 0 Å². The molecule has 0 aliphatic heterocycles. The monoisotopic (exact) mass is 364 g/mol. The molecule has 0 saturated carbocycles. The van der Waals surface area contributed by atoms with Crippen LogP contribution in [0.3, 0.4) is 0 Å². The van der Waals surface area contributed by atoms with Gasteiger partial charge in [-0.1, -0.05) is 41.9 Å². The number of fused-ring (bicyclic) bond motifs is 1. The number of halogens is 2. The van der Waals surface area contributed by atoms with Crippen molar-refractivity contribution in [3.63, 3.8) is 0 Å². The molecule has 1 aromatic heterocycles. The Kier molecular flexibility index (Phi) is 4.31. The van der Waals surface area contributed by atoms with Crippen molar-refractivity contribution < 1.29 is 4.42 Å². The smallest absolute Gasteiger partial charge is 0.148 e. The maximum absolute atomic E-state index is 6.21. The van der Waals surface area contributed by atoms with Gasteiger partial charge in [0, 0.05) is 10.4 Å². The summed E-state index contributed by atoms with van der Waals surface area (Å²) in [4.78, 5) is 0. The molecule has 0 bridgehead atoms. The second kappa shape index (κ2) is 6.20. The van der Waals surface area contributed by atoms with E-state index in [9.17, 15) is 0 Å². The van der Waals surface area contributed by atoms with E-state index in [0.29, 0.717) is 6.42 Å². The van der Waals surface area contributed by atoms with Crippen LogP contribution in [0.1, 0.15) is 17.4 Å². The quantitative estimate of drug-likeness (QED) is 0.525. The average Bonchev–Trinajstić information content (AvgIpc) is 2.92. The minimum absolute atomic E-state index is 0.135. The number of nitrogens with one attached hydrogen (secondary N) is 1. The Balaban J connectivity index is 1.95. The number of nitrogens with two attached hydrogens (primary N) is 1. The van der Waals surface area contributed by atoms with Crippen molar-refractivity contribution in [3.8, 4) is 0 Å². The van der Waals surface area contributed by atoms with Crippen molar-refractivity contribution in [2.24, 2.45) is 5.84 Å². The van der Waals surface area contributed by atoms with Crippen LogP contribution in [0.5, 0.6) is 0 Å². The zero-order chi connectivity index (χ0) is 14.8. The third-order valence-corrected chi connectivity index (χ3v) is 4.43. The van der Waals surface area contributed by atoms with Crippen LogP contribution in [-0.2, 0) is 6.42 Å². The van der Waals surface area contributed by atoms with Crippen LogP contribution in [0.4, 0.5) is 0 Å². The van der Waals surface area contributed by atoms with E-state index in [1.165, 1.54) is 0 Å². The second-order valence-corrected chi connectivity index (χ2v) is 6.08. The third-order valence-electron chi connectivity index (χ3n) is 3.44. The van der Waals surface area contributed by atoms with Crippen molar-refractivity contribution in [1.82, 2.24) is 5.43 Å². The molecule has 1 heterocycles. The third kappa shape index (κ3) is 2.99. The Morgan fingerprint density at radius 1 is 1.19 bits per heavy atom. The summed E-state index contributed by atoms with van der Waals surface area (Å²) in [6.07, 6.45) is 0.660. The summed E-state index contributed by atoms with van der Waals surface area (Å²) >= 11 is 9.70. The molecule has 3 N–H and O–H groups in total. The molecule has 3 rings (SSSR count). The summed E-state index contributed by atoms with van der Waals surface area (Å²) < 4.78 is 6.86. The molecule has 0 fully saturated rings. The number of rotatable bonds is 4. The molecule has 0 aliphatic carbocycles. The summed E-state index contributed by atoms with van der Waals surface area (Å²) in [6.45, 7) is 0. The fraction of sp³-hybridized carbons (Fsp3) is 0.125. The molecule has 0 radical (unpaired) electrons. The van der Waals surface area contributed by atoms with Gasteiger partial charge in [0.2, 0.25) is 0 Å². The lowest BCUT2D eigenvalue weighted by atomic mass is 10.0. The zero-order valence-electron chi connectivity index (χ0n) is 11.1. The first-order valence-corrected chi connectivity index (χ1v) is 7.73. The van der Waals surface area contributed by atoms with Gasteiger partial charge in [-0.2, -0.15) is 0 Å². The summed E-state index contributed by atoms with van der Waals surface area (Å²) in [5.74, 6) is 6.49. The first kappa shape index (κ1) is 14.6. The summed E-state index contributed by atoms with van der Waals surface area (Å²) in [5, 5.41) is 1.77. The van der Waals surface area contributed by atoms with Crippen molar-refractivity contribution in [1.29, 1.82) is 0 Å². The van der Waals surface area contributed by atoms with Gasteiger partial charge in [0.05, 0.1) is 10.5 Å². The Hall–Kier alpha value is -1.33. The normalized spacial score (nSPS) is 12.7. The van der Waals surface area contributed by atoms with Crippen LogP contribution >= 0.6 is 27.5 Å². The SMILES string of the molecule is NNC(Cc1ccccc1Cl)c1cc2cccc(Br)c2o1. The highest BCUT2D eigenvalue weighted by molar-refractivity contribution is 9.10. The number of hydrazine groups is 1. The highest BCUT2D eigenvalue weighted by Gasteiger charge is 2.17. The first-order chi connectivity index (χ1) is 10.2. The van der Waals surface area contributed by atoms with Gasteiger partial charge in [0.25, 0.3) is 0 Å². The number of furan rings is 1. The molecular formula is C16H14BrClN2O. The molecule has 0 spiro atoms. The maximum atomic E-state index is 6.21. The lowest BCUT2D eigenvalue weighted by Gasteiger charge is -2.14. The van der Waals surface area contributed by atoms with Crippen LogP contribution < -0.4 is 11.3 Å². The molecule has 21 heavy (non-hydrogen) atoms. The Morgan fingerprint density at radius 2 is 2.00 bits per heavy atom. The van der Waals surface area contributed by atoms with Gasteiger partial charge >= 0.3 is 0 Å². The molecule has 3 aromatic rings. The van der Waals surface area contributed by atoms with E-state index >= 15 is 0 Å². The molecule has 0 amide bonds. The van der Waals surface area contributed by atoms with Gasteiger partial charge in [0.1, 0.15) is 11.3 Å². The first-order valence-electron chi connectivity index (χ1n) is 6.56. The molecule has 0 saturated heterocycles. The Bertz CT molecular complexity index is 772. The molecule has 3 nitrogen and oxygen atoms in total. The minimum Gasteiger partial charge on any atom is -0.458 e. The summed E-state index contributed by atoms with van der Waals surface area (Å²) in [5.41, 5.74) is 4.66. The van der Waals surface area contributed by atoms with Crippen molar-refractivity contribution >= 4 is 38.5 Å². The molecule has 108 valence electrons. The topological polar surface area (TPSA) is 51.2 Å². The van der Waals surface area contributed by atoms with Gasteiger partial charge in [-0.25, -0.2) is 5.43 Å². The van der Waals surface area contributed by atoms with Gasteiger partial charge in [0.15, 0.2) is 0 Å². The highest BCUT2D eigenvalue weighted by Crippen LogP contribution is 2.31. The Morgan fingerprint density at radius 3 is 2.71 bits per heavy atom. The molecule has 1 unspecified atom stereocenters. The predicted octanol–water partition coefficient (Wildman–Crippen LogP) is 4.60. The largest absolute Gasteiger partial charge is 0.458 e. The minimum atomic E-state index is -0.135. The zero-order valence-corrected chi connectivity index (χ0v) is 13.5. The predicted molar refractivity (Wildman–Crippen MR) is 89.1 cm³/mol. The van der Waals surface area contributed by atoms with E-state index in [1.54, 1.807) is 0 Å². The lowest BCUT2D eigenvalue weighted by Crippen LogP contribution is -2.29. The van der Waals surface area contributed by atoms with Crippen molar-refractivity contribution in [3.05, 3.63) is 69.3 Å². The number of hydrogen-bond acceptors (Lipinski definition) is 3. The van der Waals surface area contributed by atoms with E-state index < -0.39 is 0 Å². The van der Waals surface area contributed by atoms with E-state index in [1.807, 2.05) is 48.5 Å². The summed E-state index contributed by atoms with van der Waals surface area (Å²) in [6, 6.07) is 15.5. The highest BCUT2D eigenvalue weighted by atomic mass is 79.9. The molecule has 2 aromatic carbocycles. The van der Waals surface area contributed by atoms with E-state index in [4.69, 9.17) is 21.9 Å². The second-order valence-electron chi connectivity index (χ2n) is 4.82. The van der Waals surface area contributed by atoms with Gasteiger partial charge in [-0.15, -0.1) is 0 Å². The number of para-hydroxylation sites is 1. The fourth-order valence-electron chi connectivity index (χ4n) is 2.34. The standard InChI is InChI=1S/C16H14BrClN2O/c17-12-6-3-5-11-9-15(21-16(11)12)14(20-19)8-10-4-1-2-7-13(10)18/h1-7,9,14,20H,8,19H2.